The Bertz CT molecular complexity index is 754. The molecule has 1 rings (SSSR count). The minimum Gasteiger partial charge on any atom is -0.463 e. The van der Waals surface area contributed by atoms with E-state index in [1.165, 1.54) is 0 Å². The summed E-state index contributed by atoms with van der Waals surface area (Å²) in [6, 6.07) is 0. The third kappa shape index (κ3) is 9.12. The largest absolute Gasteiger partial charge is 0.463 e. The molecule has 5 unspecified atom stereocenters. The van der Waals surface area contributed by atoms with Crippen molar-refractivity contribution in [2.75, 3.05) is 6.61 Å². The summed E-state index contributed by atoms with van der Waals surface area (Å²) in [4.78, 5) is 49.3. The lowest BCUT2D eigenvalue weighted by atomic mass is 9.98. The van der Waals surface area contributed by atoms with Crippen LogP contribution in [0.25, 0.3) is 0 Å². The molecule has 32 heavy (non-hydrogen) atoms. The van der Waals surface area contributed by atoms with Gasteiger partial charge in [-0.3, -0.25) is 19.2 Å². The zero-order valence-corrected chi connectivity index (χ0v) is 18.9. The van der Waals surface area contributed by atoms with Crippen LogP contribution in [0, 0.1) is 0 Å². The monoisotopic (exact) mass is 464 g/mol. The number of hydrogen-bond donors (Lipinski definition) is 1. The normalized spacial score (nSPS) is 30.7. The summed E-state index contributed by atoms with van der Waals surface area (Å²) in [5.41, 5.74) is 0. The van der Waals surface area contributed by atoms with E-state index in [1.807, 2.05) is 0 Å². The lowest BCUT2D eigenvalue weighted by Crippen LogP contribution is -2.62. The highest BCUT2D eigenvalue weighted by molar-refractivity contribution is 5.72. The van der Waals surface area contributed by atoms with Gasteiger partial charge in [-0.25, -0.2) is 0 Å². The van der Waals surface area contributed by atoms with Crippen LogP contribution in [0.5, 0.6) is 0 Å². The third-order valence-corrected chi connectivity index (χ3v) is 4.24. The number of aliphatic hydroxyl groups is 1. The highest BCUT2D eigenvalue weighted by atomic mass is 16.7. The lowest BCUT2D eigenvalue weighted by molar-refractivity contribution is -0.297. The molecule has 1 aliphatic heterocycles. The maximum absolute atomic E-state index is 12.5. The van der Waals surface area contributed by atoms with E-state index in [0.29, 0.717) is 0 Å². The summed E-state index contributed by atoms with van der Waals surface area (Å²) in [5.74, 6) is -4.08. The van der Waals surface area contributed by atoms with Gasteiger partial charge in [-0.1, -0.05) is 27.7 Å². The molecule has 10 nitrogen and oxygen atoms in total. The predicted octanol–water partition coefficient (Wildman–Crippen LogP) is 2.18. The quantitative estimate of drug-likeness (QED) is 0.319. The Morgan fingerprint density at radius 1 is 0.719 bits per heavy atom. The topological polar surface area (TPSA) is 135 Å². The molecule has 1 aliphatic rings. The molecule has 0 bridgehead atoms. The highest BCUT2D eigenvalue weighted by Gasteiger charge is 2.52. The molecule has 9 atom stereocenters. The maximum atomic E-state index is 12.5. The molecule has 0 spiro atoms. The van der Waals surface area contributed by atoms with Crippen LogP contribution in [0.15, 0.2) is 0 Å². The molecule has 0 aromatic carbocycles. The Hall–Kier alpha value is -2.20. The summed E-state index contributed by atoms with van der Waals surface area (Å²) >= 11 is 0. The average molecular weight is 465 g/mol. The Morgan fingerprint density at radius 3 is 1.59 bits per heavy atom. The molecule has 1 N–H and O–H groups in total. The zero-order valence-electron chi connectivity index (χ0n) is 22.9. The summed E-state index contributed by atoms with van der Waals surface area (Å²) < 4.78 is 57.5. The molecule has 0 aliphatic carbocycles. The van der Waals surface area contributed by atoms with E-state index in [9.17, 15) is 24.3 Å². The van der Waals surface area contributed by atoms with Gasteiger partial charge < -0.3 is 28.8 Å². The minimum absolute atomic E-state index is 0.0672. The summed E-state index contributed by atoms with van der Waals surface area (Å²) in [6.07, 6.45) is -13.3. The number of carbonyl (C=O) groups excluding carboxylic acids is 4. The van der Waals surface area contributed by atoms with Gasteiger partial charge in [-0.2, -0.15) is 0 Å². The number of carbonyl (C=O) groups is 4. The molecule has 1 saturated heterocycles. The molecular weight excluding hydrogens is 424 g/mol. The molecule has 0 amide bonds. The Labute approximate surface area is 194 Å². The van der Waals surface area contributed by atoms with Crippen molar-refractivity contribution in [3.8, 4) is 0 Å². The van der Waals surface area contributed by atoms with Gasteiger partial charge in [0.05, 0.1) is 0 Å². The molecule has 184 valence electrons. The second-order valence-corrected chi connectivity index (χ2v) is 6.85. The first-order chi connectivity index (χ1) is 16.9. The number of esters is 4. The Morgan fingerprint density at radius 2 is 1.12 bits per heavy atom. The second kappa shape index (κ2) is 14.8. The van der Waals surface area contributed by atoms with Crippen molar-refractivity contribution in [3.05, 3.63) is 0 Å². The van der Waals surface area contributed by atoms with E-state index in [2.05, 4.69) is 0 Å². The number of ether oxygens (including phenoxy) is 5. The second-order valence-electron chi connectivity index (χ2n) is 6.85. The predicted molar refractivity (Wildman–Crippen MR) is 111 cm³/mol. The third-order valence-electron chi connectivity index (χ3n) is 4.24. The Balaban J connectivity index is 3.38. The van der Waals surface area contributed by atoms with Gasteiger partial charge in [0.2, 0.25) is 0 Å². The lowest BCUT2D eigenvalue weighted by Gasteiger charge is -2.42. The molecule has 0 aromatic heterocycles. The molecular formula is C22H36O10. The van der Waals surface area contributed by atoms with Crippen molar-refractivity contribution in [2.45, 2.75) is 110 Å². The van der Waals surface area contributed by atoms with Crippen LogP contribution >= 0.6 is 0 Å². The van der Waals surface area contributed by atoms with E-state index in [-0.39, 0.29) is 25.7 Å². The summed E-state index contributed by atoms with van der Waals surface area (Å²) in [7, 11) is 0. The fraction of sp³-hybridized carbons (Fsp3) is 0.818. The van der Waals surface area contributed by atoms with Gasteiger partial charge in [-0.15, -0.1) is 0 Å². The van der Waals surface area contributed by atoms with Crippen molar-refractivity contribution in [2.24, 2.45) is 0 Å². The van der Waals surface area contributed by atoms with Crippen LogP contribution in [-0.2, 0) is 42.9 Å². The van der Waals surface area contributed by atoms with Crippen LogP contribution in [0.1, 0.15) is 84.4 Å². The van der Waals surface area contributed by atoms with Gasteiger partial charge in [-0.05, 0) is 25.7 Å². The van der Waals surface area contributed by atoms with Crippen molar-refractivity contribution in [1.29, 1.82) is 0 Å². The van der Waals surface area contributed by atoms with E-state index < -0.39 is 86.8 Å². The minimum atomic E-state index is -1.95. The molecule has 1 fully saturated rings. The average Bonchev–Trinajstić information content (AvgIpc) is 2.88. The van der Waals surface area contributed by atoms with E-state index in [0.717, 1.165) is 0 Å². The molecule has 0 radical (unpaired) electrons. The number of rotatable bonds is 13. The van der Waals surface area contributed by atoms with Crippen molar-refractivity contribution >= 4 is 23.9 Å². The van der Waals surface area contributed by atoms with Gasteiger partial charge >= 0.3 is 23.9 Å². The van der Waals surface area contributed by atoms with E-state index in [1.54, 1.807) is 27.7 Å². The first-order valence-electron chi connectivity index (χ1n) is 13.0. The van der Waals surface area contributed by atoms with Crippen molar-refractivity contribution in [3.63, 3.8) is 0 Å². The zero-order chi connectivity index (χ0) is 27.6. The first-order valence-corrected chi connectivity index (χ1v) is 10.7. The first kappa shape index (κ1) is 21.6. The van der Waals surface area contributed by atoms with Crippen LogP contribution in [0.3, 0.4) is 0 Å². The molecule has 0 aromatic rings. The Kier molecular flexibility index (Phi) is 10.00. The van der Waals surface area contributed by atoms with Gasteiger partial charge in [0, 0.05) is 31.1 Å². The van der Waals surface area contributed by atoms with Crippen LogP contribution in [0.2, 0.25) is 0 Å². The van der Waals surface area contributed by atoms with Crippen molar-refractivity contribution < 1.29 is 53.5 Å². The summed E-state index contributed by atoms with van der Waals surface area (Å²) in [5, 5.41) is 10.6. The smallest absolute Gasteiger partial charge is 0.306 e. The van der Waals surface area contributed by atoms with Crippen molar-refractivity contribution in [1.82, 2.24) is 0 Å². The highest BCUT2D eigenvalue weighted by Crippen LogP contribution is 2.29. The van der Waals surface area contributed by atoms with Crippen LogP contribution < -0.4 is 0 Å². The van der Waals surface area contributed by atoms with Gasteiger partial charge in [0.15, 0.2) is 24.6 Å². The molecule has 0 saturated carbocycles. The molecule has 10 heteroatoms. The SMILES string of the molecule is [2H]C(CC)C(=O)OC[C@H]1OC(O)[C@@H](OC(=O)C([2H])CC)[C@@H](OC(=O)C([2H])CC)[C@@H]1OC(=O)C([2H])CC. The van der Waals surface area contributed by atoms with E-state index >= 15 is 0 Å². The summed E-state index contributed by atoms with van der Waals surface area (Å²) in [6.45, 7) is 5.64. The fourth-order valence-electron chi connectivity index (χ4n) is 2.87. The number of hydrogen-bond acceptors (Lipinski definition) is 10. The van der Waals surface area contributed by atoms with Crippen LogP contribution in [-0.4, -0.2) is 66.3 Å². The number of aliphatic hydroxyl groups excluding tert-OH is 1. The standard InChI is InChI=1S/C22H36O10/c1-5-9-15(23)28-13-14-19(30-16(24)10-6-2)20(31-17(25)11-7-3)21(22(27)29-14)32-18(26)12-8-4/h14,19-22,27H,5-13H2,1-4H3/t14-,19-,20+,21+,22?/m1/s1/i9D,10D,11D,12D/t9?,10?,11?,12?,14-,19-,20+,21+,22?. The fourth-order valence-corrected chi connectivity index (χ4v) is 2.87. The maximum Gasteiger partial charge on any atom is 0.306 e. The van der Waals surface area contributed by atoms with Gasteiger partial charge in [0.1, 0.15) is 12.7 Å². The van der Waals surface area contributed by atoms with E-state index in [4.69, 9.17) is 29.2 Å². The van der Waals surface area contributed by atoms with Gasteiger partial charge in [0.25, 0.3) is 0 Å². The van der Waals surface area contributed by atoms with Crippen LogP contribution in [0.4, 0.5) is 0 Å². The molecule has 1 heterocycles.